The van der Waals surface area contributed by atoms with Gasteiger partial charge in [-0.15, -0.1) is 0 Å². The predicted molar refractivity (Wildman–Crippen MR) is 75.5 cm³/mol. The van der Waals surface area contributed by atoms with Gasteiger partial charge in [0.05, 0.1) is 25.4 Å². The van der Waals surface area contributed by atoms with Crippen LogP contribution in [0.25, 0.3) is 0 Å². The summed E-state index contributed by atoms with van der Waals surface area (Å²) in [5, 5.41) is 3.57. The van der Waals surface area contributed by atoms with E-state index in [1.165, 1.54) is 25.7 Å². The Balaban J connectivity index is 1.55. The maximum absolute atomic E-state index is 12.7. The highest BCUT2D eigenvalue weighted by atomic mass is 16.5. The lowest BCUT2D eigenvalue weighted by atomic mass is 9.85. The highest BCUT2D eigenvalue weighted by Crippen LogP contribution is 2.33. The van der Waals surface area contributed by atoms with Crippen LogP contribution in [0.1, 0.15) is 32.1 Å². The molecule has 2 heterocycles. The van der Waals surface area contributed by atoms with Gasteiger partial charge in [0, 0.05) is 26.2 Å². The van der Waals surface area contributed by atoms with Crippen LogP contribution in [0.2, 0.25) is 0 Å². The van der Waals surface area contributed by atoms with Crippen molar-refractivity contribution in [1.82, 2.24) is 10.2 Å². The summed E-state index contributed by atoms with van der Waals surface area (Å²) in [5.74, 6) is 0.984. The Morgan fingerprint density at radius 2 is 2.25 bits per heavy atom. The monoisotopic (exact) mass is 282 g/mol. The van der Waals surface area contributed by atoms with E-state index in [1.807, 2.05) is 4.90 Å². The lowest BCUT2D eigenvalue weighted by Gasteiger charge is -2.34. The zero-order valence-electron chi connectivity index (χ0n) is 12.3. The summed E-state index contributed by atoms with van der Waals surface area (Å²) >= 11 is 0. The fraction of sp³-hybridized carbons (Fsp3) is 0.933. The Bertz CT molecular complexity index is 334. The summed E-state index contributed by atoms with van der Waals surface area (Å²) in [6.45, 7) is 2.57. The molecule has 5 heteroatoms. The summed E-state index contributed by atoms with van der Waals surface area (Å²) < 4.78 is 10.8. The lowest BCUT2D eigenvalue weighted by molar-refractivity contribution is -0.142. The molecule has 3 rings (SSSR count). The van der Waals surface area contributed by atoms with Crippen LogP contribution in [0.3, 0.4) is 0 Å². The van der Waals surface area contributed by atoms with Crippen molar-refractivity contribution in [2.24, 2.45) is 5.92 Å². The average molecular weight is 282 g/mol. The van der Waals surface area contributed by atoms with Crippen molar-refractivity contribution in [3.05, 3.63) is 0 Å². The smallest absolute Gasteiger partial charge is 0.239 e. The van der Waals surface area contributed by atoms with Crippen LogP contribution in [0.5, 0.6) is 0 Å². The Morgan fingerprint density at radius 1 is 1.40 bits per heavy atom. The van der Waals surface area contributed by atoms with E-state index in [2.05, 4.69) is 5.32 Å². The van der Waals surface area contributed by atoms with Gasteiger partial charge in [0.2, 0.25) is 5.91 Å². The number of carbonyl (C=O) groups excluding carboxylic acids is 1. The molecule has 0 bridgehead atoms. The third-order valence-electron chi connectivity index (χ3n) is 4.96. The molecule has 1 saturated carbocycles. The molecule has 3 fully saturated rings. The summed E-state index contributed by atoms with van der Waals surface area (Å²) in [6, 6.07) is 0.609. The second-order valence-corrected chi connectivity index (χ2v) is 6.34. The number of rotatable bonds is 3. The first kappa shape index (κ1) is 14.3. The minimum atomic E-state index is 0.0291. The molecule has 1 N–H and O–H groups in total. The molecule has 0 aromatic heterocycles. The van der Waals surface area contributed by atoms with E-state index < -0.39 is 0 Å². The molecule has 5 nitrogen and oxygen atoms in total. The Kier molecular flexibility index (Phi) is 4.58. The molecule has 2 aliphatic heterocycles. The number of fused-ring (bicyclic) bond motifs is 1. The van der Waals surface area contributed by atoms with E-state index >= 15 is 0 Å². The SMILES string of the molecule is COC[C@@H]1CN(C(=O)[C@@H]2C[C@@H]3CCCC[C@H]3N2)CCO1. The molecule has 3 aliphatic rings. The predicted octanol–water partition coefficient (Wildman–Crippen LogP) is 0.781. The quantitative estimate of drug-likeness (QED) is 0.831. The van der Waals surface area contributed by atoms with Crippen LogP contribution >= 0.6 is 0 Å². The first-order valence-corrected chi connectivity index (χ1v) is 7.93. The number of carbonyl (C=O) groups is 1. The maximum Gasteiger partial charge on any atom is 0.239 e. The summed E-state index contributed by atoms with van der Waals surface area (Å²) in [6.07, 6.45) is 6.22. The molecule has 1 amide bonds. The highest BCUT2D eigenvalue weighted by molar-refractivity contribution is 5.82. The molecule has 4 atom stereocenters. The van der Waals surface area contributed by atoms with Crippen molar-refractivity contribution in [3.8, 4) is 0 Å². The Labute approximate surface area is 121 Å². The number of hydrogen-bond donors (Lipinski definition) is 1. The van der Waals surface area contributed by atoms with Gasteiger partial charge in [-0.1, -0.05) is 12.8 Å². The molecule has 0 radical (unpaired) electrons. The molecule has 0 aromatic rings. The van der Waals surface area contributed by atoms with Crippen molar-refractivity contribution in [1.29, 1.82) is 0 Å². The molecule has 0 spiro atoms. The molecule has 20 heavy (non-hydrogen) atoms. The van der Waals surface area contributed by atoms with Gasteiger partial charge in [-0.3, -0.25) is 4.79 Å². The Morgan fingerprint density at radius 3 is 3.05 bits per heavy atom. The van der Waals surface area contributed by atoms with Gasteiger partial charge in [0.15, 0.2) is 0 Å². The minimum Gasteiger partial charge on any atom is -0.382 e. The first-order valence-electron chi connectivity index (χ1n) is 7.93. The number of amides is 1. The third-order valence-corrected chi connectivity index (χ3v) is 4.96. The van der Waals surface area contributed by atoms with Gasteiger partial charge in [-0.05, 0) is 25.2 Å². The summed E-state index contributed by atoms with van der Waals surface area (Å²) in [7, 11) is 1.67. The van der Waals surface area contributed by atoms with Crippen LogP contribution < -0.4 is 5.32 Å². The van der Waals surface area contributed by atoms with Crippen molar-refractivity contribution in [3.63, 3.8) is 0 Å². The van der Waals surface area contributed by atoms with Crippen LogP contribution in [0.15, 0.2) is 0 Å². The zero-order chi connectivity index (χ0) is 13.9. The normalized spacial score (nSPS) is 37.8. The highest BCUT2D eigenvalue weighted by Gasteiger charge is 2.40. The second kappa shape index (κ2) is 6.41. The zero-order valence-corrected chi connectivity index (χ0v) is 12.3. The molecule has 2 saturated heterocycles. The number of ether oxygens (including phenoxy) is 2. The fourth-order valence-electron chi connectivity index (χ4n) is 3.94. The van der Waals surface area contributed by atoms with E-state index in [4.69, 9.17) is 9.47 Å². The maximum atomic E-state index is 12.7. The van der Waals surface area contributed by atoms with Crippen molar-refractivity contribution in [2.75, 3.05) is 33.4 Å². The van der Waals surface area contributed by atoms with E-state index in [9.17, 15) is 4.79 Å². The molecule has 1 aliphatic carbocycles. The first-order chi connectivity index (χ1) is 9.78. The molecule has 0 aromatic carbocycles. The van der Waals surface area contributed by atoms with Gasteiger partial charge < -0.3 is 19.7 Å². The van der Waals surface area contributed by atoms with Crippen LogP contribution in [-0.2, 0) is 14.3 Å². The molecular weight excluding hydrogens is 256 g/mol. The lowest BCUT2D eigenvalue weighted by Crippen LogP contribution is -2.52. The van der Waals surface area contributed by atoms with E-state index in [1.54, 1.807) is 7.11 Å². The topological polar surface area (TPSA) is 50.8 Å². The Hall–Kier alpha value is -0.650. The standard InChI is InChI=1S/C15H26N2O3/c1-19-10-12-9-17(6-7-20-12)15(18)14-8-11-4-2-3-5-13(11)16-14/h11-14,16H,2-10H2,1H3/t11-,12-,13+,14-/m0/s1. The van der Waals surface area contributed by atoms with Gasteiger partial charge in [-0.25, -0.2) is 0 Å². The molecule has 114 valence electrons. The fourth-order valence-corrected chi connectivity index (χ4v) is 3.94. The number of hydrogen-bond acceptors (Lipinski definition) is 4. The van der Waals surface area contributed by atoms with E-state index in [0.29, 0.717) is 38.3 Å². The number of methoxy groups -OCH3 is 1. The van der Waals surface area contributed by atoms with Gasteiger partial charge in [0.1, 0.15) is 0 Å². The van der Waals surface area contributed by atoms with Gasteiger partial charge in [0.25, 0.3) is 0 Å². The largest absolute Gasteiger partial charge is 0.382 e. The van der Waals surface area contributed by atoms with Crippen LogP contribution in [0.4, 0.5) is 0 Å². The average Bonchev–Trinajstić information content (AvgIpc) is 2.91. The number of nitrogens with one attached hydrogen (secondary N) is 1. The van der Waals surface area contributed by atoms with Gasteiger partial charge in [-0.2, -0.15) is 0 Å². The number of nitrogens with zero attached hydrogens (tertiary/aromatic N) is 1. The van der Waals surface area contributed by atoms with Gasteiger partial charge >= 0.3 is 0 Å². The number of morpholine rings is 1. The van der Waals surface area contributed by atoms with E-state index in [-0.39, 0.29) is 18.1 Å². The van der Waals surface area contributed by atoms with Crippen LogP contribution in [-0.4, -0.2) is 62.4 Å². The van der Waals surface area contributed by atoms with E-state index in [0.717, 1.165) is 6.42 Å². The molecule has 0 unspecified atom stereocenters. The third kappa shape index (κ3) is 3.00. The van der Waals surface area contributed by atoms with Crippen molar-refractivity contribution >= 4 is 5.91 Å². The van der Waals surface area contributed by atoms with Crippen molar-refractivity contribution < 1.29 is 14.3 Å². The summed E-state index contributed by atoms with van der Waals surface area (Å²) in [5.41, 5.74) is 0. The minimum absolute atomic E-state index is 0.0291. The van der Waals surface area contributed by atoms with Crippen molar-refractivity contribution in [2.45, 2.75) is 50.3 Å². The molecular formula is C15H26N2O3. The van der Waals surface area contributed by atoms with Crippen LogP contribution in [0, 0.1) is 5.92 Å². The second-order valence-electron chi connectivity index (χ2n) is 6.34. The summed E-state index contributed by atoms with van der Waals surface area (Å²) in [4.78, 5) is 14.6.